The van der Waals surface area contributed by atoms with Gasteiger partial charge in [-0.15, -0.1) is 0 Å². The third kappa shape index (κ3) is 3.44. The Labute approximate surface area is 142 Å². The van der Waals surface area contributed by atoms with Gasteiger partial charge in [-0.2, -0.15) is 0 Å². The lowest BCUT2D eigenvalue weighted by Crippen LogP contribution is -2.24. The number of nitrogens with zero attached hydrogens (tertiary/aromatic N) is 1. The van der Waals surface area contributed by atoms with E-state index >= 15 is 0 Å². The largest absolute Gasteiger partial charge is 0.398 e. The molecule has 2 N–H and O–H groups in total. The number of allylic oxidation sites excluding steroid dienone is 2. The van der Waals surface area contributed by atoms with Gasteiger partial charge in [0.2, 0.25) is 0 Å². The third-order valence-electron chi connectivity index (χ3n) is 4.62. The van der Waals surface area contributed by atoms with E-state index in [2.05, 4.69) is 67.2 Å². The molecule has 1 aromatic carbocycles. The summed E-state index contributed by atoms with van der Waals surface area (Å²) in [5.41, 5.74) is 15.3. The van der Waals surface area contributed by atoms with Crippen molar-refractivity contribution in [2.45, 2.75) is 80.1 Å². The Morgan fingerprint density at radius 2 is 1.22 bits per heavy atom. The van der Waals surface area contributed by atoms with Gasteiger partial charge in [-0.3, -0.25) is 0 Å². The highest BCUT2D eigenvalue weighted by molar-refractivity contribution is 5.80. The maximum atomic E-state index is 7.37. The summed E-state index contributed by atoms with van der Waals surface area (Å²) in [7, 11) is 0. The van der Waals surface area contributed by atoms with Gasteiger partial charge in [-0.25, -0.2) is 4.85 Å². The predicted octanol–water partition coefficient (Wildman–Crippen LogP) is 6.15. The van der Waals surface area contributed by atoms with E-state index in [0.717, 1.165) is 17.0 Å². The minimum Gasteiger partial charge on any atom is -0.398 e. The Kier molecular flexibility index (Phi) is 5.07. The number of rotatable bonds is 1. The van der Waals surface area contributed by atoms with E-state index in [1.807, 2.05) is 6.92 Å². The fourth-order valence-corrected chi connectivity index (χ4v) is 3.82. The zero-order valence-electron chi connectivity index (χ0n) is 16.5. The Balaban J connectivity index is 4.13. The van der Waals surface area contributed by atoms with Gasteiger partial charge < -0.3 is 5.73 Å². The predicted molar refractivity (Wildman–Crippen MR) is 103 cm³/mol. The first-order valence-corrected chi connectivity index (χ1v) is 8.24. The lowest BCUT2D eigenvalue weighted by molar-refractivity contribution is 0.567. The molecule has 0 bridgehead atoms. The number of nitrogens with two attached hydrogens (primary N) is 1. The molecule has 0 atom stereocenters. The highest BCUT2D eigenvalue weighted by Crippen LogP contribution is 2.44. The summed E-state index contributed by atoms with van der Waals surface area (Å²) >= 11 is 0. The van der Waals surface area contributed by atoms with Crippen LogP contribution in [0.25, 0.3) is 10.4 Å². The Hall–Kier alpha value is -1.75. The van der Waals surface area contributed by atoms with Gasteiger partial charge in [0.15, 0.2) is 5.70 Å². The van der Waals surface area contributed by atoms with E-state index in [9.17, 15) is 0 Å². The SMILES string of the molecule is [C-]#[N+]/C(C)=C(\C)c1c(C)c(C(C)(C)C)c(N)c(C(C)(C)C)c1C. The molecule has 23 heavy (non-hydrogen) atoms. The van der Waals surface area contributed by atoms with E-state index in [1.165, 1.54) is 27.8 Å². The lowest BCUT2D eigenvalue weighted by Gasteiger charge is -2.34. The fraction of sp³-hybridized carbons (Fsp3) is 0.571. The van der Waals surface area contributed by atoms with Crippen molar-refractivity contribution in [3.8, 4) is 0 Å². The van der Waals surface area contributed by atoms with Gasteiger partial charge in [0, 0.05) is 5.69 Å². The van der Waals surface area contributed by atoms with Crippen LogP contribution in [0.5, 0.6) is 0 Å². The van der Waals surface area contributed by atoms with Gasteiger partial charge in [-0.1, -0.05) is 41.5 Å². The molecule has 1 aromatic rings. The molecule has 1 rings (SSSR count). The Morgan fingerprint density at radius 3 is 1.48 bits per heavy atom. The molecular formula is C21H32N2. The molecule has 0 aliphatic carbocycles. The van der Waals surface area contributed by atoms with Crippen LogP contribution in [0.2, 0.25) is 0 Å². The van der Waals surface area contributed by atoms with E-state index in [1.54, 1.807) is 0 Å². The van der Waals surface area contributed by atoms with Gasteiger partial charge in [0.05, 0.1) is 6.57 Å². The molecule has 2 heteroatoms. The Morgan fingerprint density at radius 1 is 0.870 bits per heavy atom. The molecule has 0 aliphatic rings. The molecule has 0 saturated carbocycles. The van der Waals surface area contributed by atoms with Gasteiger partial charge >= 0.3 is 0 Å². The van der Waals surface area contributed by atoms with Crippen LogP contribution in [0.15, 0.2) is 5.70 Å². The number of benzene rings is 1. The van der Waals surface area contributed by atoms with Gasteiger partial charge in [0.25, 0.3) is 0 Å². The first-order valence-electron chi connectivity index (χ1n) is 8.24. The molecule has 0 fully saturated rings. The van der Waals surface area contributed by atoms with Crippen LogP contribution in [0.4, 0.5) is 5.69 Å². The molecule has 0 heterocycles. The number of hydrogen-bond acceptors (Lipinski definition) is 1. The van der Waals surface area contributed by atoms with E-state index in [0.29, 0.717) is 0 Å². The number of anilines is 1. The molecule has 0 spiro atoms. The zero-order chi connectivity index (χ0) is 18.3. The molecule has 0 aromatic heterocycles. The van der Waals surface area contributed by atoms with Crippen molar-refractivity contribution in [2.24, 2.45) is 0 Å². The second kappa shape index (κ2) is 6.04. The minimum absolute atomic E-state index is 0.0388. The van der Waals surface area contributed by atoms with Crippen molar-refractivity contribution in [2.75, 3.05) is 5.73 Å². The van der Waals surface area contributed by atoms with Crippen molar-refractivity contribution < 1.29 is 0 Å². The summed E-state index contributed by atoms with van der Waals surface area (Å²) in [4.78, 5) is 3.65. The van der Waals surface area contributed by atoms with E-state index in [4.69, 9.17) is 12.3 Å². The molecule has 0 radical (unpaired) electrons. The zero-order valence-corrected chi connectivity index (χ0v) is 16.5. The maximum Gasteiger partial charge on any atom is 0.166 e. The van der Waals surface area contributed by atoms with E-state index in [-0.39, 0.29) is 10.8 Å². The van der Waals surface area contributed by atoms with Crippen molar-refractivity contribution in [3.63, 3.8) is 0 Å². The van der Waals surface area contributed by atoms with Crippen LogP contribution in [0.1, 0.15) is 83.2 Å². The summed E-state index contributed by atoms with van der Waals surface area (Å²) in [5.74, 6) is 0. The second-order valence-electron chi connectivity index (χ2n) is 8.61. The first-order chi connectivity index (χ1) is 10.2. The molecule has 0 amide bonds. The van der Waals surface area contributed by atoms with Crippen molar-refractivity contribution in [1.82, 2.24) is 0 Å². The first kappa shape index (κ1) is 19.3. The Bertz CT molecular complexity index is 658. The molecule has 0 saturated heterocycles. The second-order valence-corrected chi connectivity index (χ2v) is 8.61. The van der Waals surface area contributed by atoms with Crippen molar-refractivity contribution >= 4 is 11.3 Å². The molecule has 0 unspecified atom stereocenters. The highest BCUT2D eigenvalue weighted by atomic mass is 14.7. The third-order valence-corrected chi connectivity index (χ3v) is 4.62. The summed E-state index contributed by atoms with van der Waals surface area (Å²) < 4.78 is 0. The maximum absolute atomic E-state index is 7.37. The summed E-state index contributed by atoms with van der Waals surface area (Å²) in [6.45, 7) is 28.8. The van der Waals surface area contributed by atoms with Gasteiger partial charge in [-0.05, 0) is 71.9 Å². The average Bonchev–Trinajstić information content (AvgIpc) is 2.33. The number of nitrogen functional groups attached to an aromatic ring is 1. The normalized spacial score (nSPS) is 13.6. The van der Waals surface area contributed by atoms with Crippen LogP contribution in [0.3, 0.4) is 0 Å². The molecule has 0 aliphatic heterocycles. The van der Waals surface area contributed by atoms with Crippen LogP contribution in [-0.4, -0.2) is 0 Å². The van der Waals surface area contributed by atoms with Crippen molar-refractivity contribution in [3.05, 3.63) is 44.9 Å². The van der Waals surface area contributed by atoms with Crippen molar-refractivity contribution in [1.29, 1.82) is 0 Å². The summed E-state index contributed by atoms with van der Waals surface area (Å²) in [5, 5.41) is 0. The van der Waals surface area contributed by atoms with E-state index < -0.39 is 0 Å². The fourth-order valence-electron chi connectivity index (χ4n) is 3.82. The van der Waals surface area contributed by atoms with Crippen LogP contribution < -0.4 is 5.73 Å². The molecule has 126 valence electrons. The highest BCUT2D eigenvalue weighted by Gasteiger charge is 2.30. The smallest absolute Gasteiger partial charge is 0.166 e. The standard InChI is InChI=1S/C21H32N2/c1-12(15(4)23-11)16-13(2)17(20(5,6)7)19(22)18(14(16)3)21(8,9)10/h22H2,1-10H3/b15-12+. The lowest BCUT2D eigenvalue weighted by atomic mass is 9.72. The van der Waals surface area contributed by atoms with Crippen LogP contribution in [-0.2, 0) is 10.8 Å². The summed E-state index contributed by atoms with van der Waals surface area (Å²) in [6.07, 6.45) is 0. The molecular weight excluding hydrogens is 280 g/mol. The minimum atomic E-state index is -0.0388. The van der Waals surface area contributed by atoms with Gasteiger partial charge in [0.1, 0.15) is 0 Å². The number of hydrogen-bond donors (Lipinski definition) is 1. The quantitative estimate of drug-likeness (QED) is 0.489. The monoisotopic (exact) mass is 312 g/mol. The topological polar surface area (TPSA) is 30.4 Å². The van der Waals surface area contributed by atoms with Crippen LogP contribution in [0, 0.1) is 20.4 Å². The van der Waals surface area contributed by atoms with Crippen LogP contribution >= 0.6 is 0 Å². The molecule has 2 nitrogen and oxygen atoms in total. The average molecular weight is 313 g/mol. The summed E-state index contributed by atoms with van der Waals surface area (Å²) in [6, 6.07) is 0.